The number of nitrogens with one attached hydrogen (secondary N) is 1. The van der Waals surface area contributed by atoms with Gasteiger partial charge in [0.05, 0.1) is 5.69 Å². The smallest absolute Gasteiger partial charge is 0.225 e. The molecule has 1 saturated heterocycles. The molecule has 2 aliphatic rings. The summed E-state index contributed by atoms with van der Waals surface area (Å²) >= 11 is 0. The molecule has 0 saturated carbocycles. The van der Waals surface area contributed by atoms with E-state index in [0.717, 1.165) is 65.1 Å². The summed E-state index contributed by atoms with van der Waals surface area (Å²) in [5.74, 6) is 2.32. The Morgan fingerprint density at radius 1 is 0.919 bits per heavy atom. The van der Waals surface area contributed by atoms with Crippen molar-refractivity contribution in [3.63, 3.8) is 0 Å². The lowest BCUT2D eigenvalue weighted by atomic mass is 10.1. The average Bonchev–Trinajstić information content (AvgIpc) is 3.36. The van der Waals surface area contributed by atoms with E-state index in [-0.39, 0.29) is 5.91 Å². The van der Waals surface area contributed by atoms with Gasteiger partial charge in [0.1, 0.15) is 13.2 Å². The zero-order chi connectivity index (χ0) is 25.0. The topological polar surface area (TPSA) is 81.0 Å². The first-order valence-electron chi connectivity index (χ1n) is 13.1. The summed E-state index contributed by atoms with van der Waals surface area (Å²) in [5, 5.41) is 7.82. The number of piperidine rings is 1. The van der Waals surface area contributed by atoms with Crippen LogP contribution in [0.1, 0.15) is 37.1 Å². The Bertz CT molecular complexity index is 1390. The van der Waals surface area contributed by atoms with Crippen molar-refractivity contribution in [1.29, 1.82) is 0 Å². The molecule has 2 aliphatic heterocycles. The summed E-state index contributed by atoms with van der Waals surface area (Å²) in [5.41, 5.74) is 4.63. The molecule has 1 amide bonds. The monoisotopic (exact) mass is 497 g/mol. The minimum absolute atomic E-state index is 0.0620. The van der Waals surface area contributed by atoms with Gasteiger partial charge in [-0.2, -0.15) is 5.10 Å². The zero-order valence-corrected chi connectivity index (χ0v) is 20.9. The number of fused-ring (bicyclic) bond motifs is 2. The maximum atomic E-state index is 12.4. The third-order valence-electron chi connectivity index (χ3n) is 6.95. The summed E-state index contributed by atoms with van der Waals surface area (Å²) in [6, 6.07) is 19.9. The van der Waals surface area contributed by atoms with Crippen LogP contribution in [0.4, 0.5) is 5.69 Å². The van der Waals surface area contributed by atoms with Gasteiger partial charge in [0.2, 0.25) is 5.91 Å². The second-order valence-corrected chi connectivity index (χ2v) is 9.64. The molecule has 1 fully saturated rings. The maximum absolute atomic E-state index is 12.4. The summed E-state index contributed by atoms with van der Waals surface area (Å²) in [6.07, 6.45) is 4.92. The van der Waals surface area contributed by atoms with Crippen molar-refractivity contribution in [1.82, 2.24) is 19.5 Å². The van der Waals surface area contributed by atoms with Crippen molar-refractivity contribution in [2.24, 2.45) is 0 Å². The van der Waals surface area contributed by atoms with E-state index >= 15 is 0 Å². The van der Waals surface area contributed by atoms with Crippen LogP contribution in [0.2, 0.25) is 0 Å². The third kappa shape index (κ3) is 5.44. The third-order valence-corrected chi connectivity index (χ3v) is 6.95. The Hall–Kier alpha value is -3.91. The van der Waals surface area contributed by atoms with E-state index in [1.54, 1.807) is 0 Å². The van der Waals surface area contributed by atoms with Gasteiger partial charge in [0, 0.05) is 30.6 Å². The van der Waals surface area contributed by atoms with Gasteiger partial charge < -0.3 is 19.7 Å². The normalized spacial score (nSPS) is 15.6. The number of anilines is 1. The van der Waals surface area contributed by atoms with Crippen molar-refractivity contribution < 1.29 is 14.3 Å². The van der Waals surface area contributed by atoms with Crippen LogP contribution in [0.5, 0.6) is 11.5 Å². The molecule has 190 valence electrons. The quantitative estimate of drug-likeness (QED) is 0.403. The van der Waals surface area contributed by atoms with Gasteiger partial charge in [-0.1, -0.05) is 24.6 Å². The standard InChI is InChI=1S/C29H31N5O3/c35-29(13-16-33-14-2-1-3-15-33)30-23-10-7-21(8-11-23)19-27-31-28-6-4-5-24(34(28)32-27)22-9-12-25-26(20-22)37-18-17-36-25/h4-12,20H,1-3,13-19H2,(H,30,35). The maximum Gasteiger partial charge on any atom is 0.225 e. The highest BCUT2D eigenvalue weighted by atomic mass is 16.6. The molecular weight excluding hydrogens is 466 g/mol. The number of amides is 1. The van der Waals surface area contributed by atoms with Crippen molar-refractivity contribution in [2.75, 3.05) is 38.2 Å². The Morgan fingerprint density at radius 2 is 1.73 bits per heavy atom. The minimum Gasteiger partial charge on any atom is -0.486 e. The predicted molar refractivity (Wildman–Crippen MR) is 142 cm³/mol. The molecule has 8 nitrogen and oxygen atoms in total. The van der Waals surface area contributed by atoms with Crippen LogP contribution in [-0.2, 0) is 11.2 Å². The lowest BCUT2D eigenvalue weighted by molar-refractivity contribution is -0.116. The number of carbonyl (C=O) groups excluding carboxylic acids is 1. The van der Waals surface area contributed by atoms with Gasteiger partial charge in [-0.05, 0) is 74.0 Å². The average molecular weight is 498 g/mol. The number of benzene rings is 2. The Labute approximate surface area is 216 Å². The van der Waals surface area contributed by atoms with Crippen molar-refractivity contribution in [3.05, 3.63) is 72.1 Å². The zero-order valence-electron chi connectivity index (χ0n) is 20.9. The van der Waals surface area contributed by atoms with Crippen LogP contribution in [0, 0.1) is 0 Å². The van der Waals surface area contributed by atoms with E-state index in [1.807, 2.05) is 65.2 Å². The summed E-state index contributed by atoms with van der Waals surface area (Å²) in [4.78, 5) is 19.5. The highest BCUT2D eigenvalue weighted by Gasteiger charge is 2.16. The van der Waals surface area contributed by atoms with Gasteiger partial charge in [-0.15, -0.1) is 0 Å². The highest BCUT2D eigenvalue weighted by molar-refractivity contribution is 5.90. The number of rotatable bonds is 7. The molecule has 0 spiro atoms. The van der Waals surface area contributed by atoms with E-state index in [2.05, 4.69) is 10.2 Å². The molecule has 0 unspecified atom stereocenters. The lowest BCUT2D eigenvalue weighted by Gasteiger charge is -2.25. The van der Waals surface area contributed by atoms with Crippen LogP contribution in [0.25, 0.3) is 16.9 Å². The fraction of sp³-hybridized carbons (Fsp3) is 0.345. The molecule has 8 heteroatoms. The van der Waals surface area contributed by atoms with E-state index < -0.39 is 0 Å². The Kier molecular flexibility index (Phi) is 6.73. The second kappa shape index (κ2) is 10.6. The highest BCUT2D eigenvalue weighted by Crippen LogP contribution is 2.34. The van der Waals surface area contributed by atoms with Crippen molar-refractivity contribution >= 4 is 17.2 Å². The summed E-state index contributed by atoms with van der Waals surface area (Å²) < 4.78 is 13.3. The number of aromatic nitrogens is 3. The molecule has 6 rings (SSSR count). The summed E-state index contributed by atoms with van der Waals surface area (Å²) in [6.45, 7) is 4.17. The van der Waals surface area contributed by atoms with Gasteiger partial charge in [-0.25, -0.2) is 9.50 Å². The first-order valence-corrected chi connectivity index (χ1v) is 13.1. The largest absolute Gasteiger partial charge is 0.486 e. The molecule has 0 bridgehead atoms. The molecule has 4 aromatic rings. The number of nitrogens with zero attached hydrogens (tertiary/aromatic N) is 4. The molecule has 0 radical (unpaired) electrons. The van der Waals surface area contributed by atoms with E-state index in [1.165, 1.54) is 19.3 Å². The fourth-order valence-corrected chi connectivity index (χ4v) is 5.00. The predicted octanol–water partition coefficient (Wildman–Crippen LogP) is 4.57. The molecule has 2 aromatic heterocycles. The molecule has 37 heavy (non-hydrogen) atoms. The van der Waals surface area contributed by atoms with Gasteiger partial charge in [0.25, 0.3) is 0 Å². The second-order valence-electron chi connectivity index (χ2n) is 9.64. The number of hydrogen-bond donors (Lipinski definition) is 1. The summed E-state index contributed by atoms with van der Waals surface area (Å²) in [7, 11) is 0. The van der Waals surface area contributed by atoms with Crippen molar-refractivity contribution in [3.8, 4) is 22.8 Å². The number of pyridine rings is 1. The van der Waals surface area contributed by atoms with Crippen LogP contribution in [0.3, 0.4) is 0 Å². The number of likely N-dealkylation sites (tertiary alicyclic amines) is 1. The van der Waals surface area contributed by atoms with Crippen LogP contribution < -0.4 is 14.8 Å². The SMILES string of the molecule is O=C(CCN1CCCCC1)Nc1ccc(Cc2nc3cccc(-c4ccc5c(c4)OCCO5)n3n2)cc1. The molecular formula is C29H31N5O3. The van der Waals surface area contributed by atoms with Gasteiger partial charge >= 0.3 is 0 Å². The number of hydrogen-bond acceptors (Lipinski definition) is 6. The van der Waals surface area contributed by atoms with E-state index in [9.17, 15) is 4.79 Å². The molecule has 2 aromatic carbocycles. The van der Waals surface area contributed by atoms with Crippen LogP contribution >= 0.6 is 0 Å². The van der Waals surface area contributed by atoms with Crippen molar-refractivity contribution in [2.45, 2.75) is 32.1 Å². The Balaban J connectivity index is 1.12. The first kappa shape index (κ1) is 23.5. The molecule has 1 N–H and O–H groups in total. The molecule has 0 atom stereocenters. The number of carbonyl (C=O) groups is 1. The van der Waals surface area contributed by atoms with Gasteiger partial charge in [-0.3, -0.25) is 4.79 Å². The first-order chi connectivity index (χ1) is 18.2. The Morgan fingerprint density at radius 3 is 2.57 bits per heavy atom. The fourth-order valence-electron chi connectivity index (χ4n) is 5.00. The number of ether oxygens (including phenoxy) is 2. The van der Waals surface area contributed by atoms with Gasteiger partial charge in [0.15, 0.2) is 23.0 Å². The minimum atomic E-state index is 0.0620. The molecule has 4 heterocycles. The lowest BCUT2D eigenvalue weighted by Crippen LogP contribution is -2.32. The molecule has 0 aliphatic carbocycles. The van der Waals surface area contributed by atoms with E-state index in [0.29, 0.717) is 26.1 Å². The van der Waals surface area contributed by atoms with Crippen LogP contribution in [0.15, 0.2) is 60.7 Å². The van der Waals surface area contributed by atoms with Crippen LogP contribution in [-0.4, -0.2) is 58.3 Å². The van der Waals surface area contributed by atoms with E-state index in [4.69, 9.17) is 19.6 Å².